The molecular formula is C24H24F3N3O6S. The molecule has 2 aromatic rings. The maximum atomic E-state index is 14.0. The highest BCUT2D eigenvalue weighted by Gasteiger charge is 2.54. The van der Waals surface area contributed by atoms with Crippen LogP contribution in [0.4, 0.5) is 13.2 Å². The van der Waals surface area contributed by atoms with Gasteiger partial charge in [0.1, 0.15) is 27.9 Å². The molecule has 1 aromatic carbocycles. The highest BCUT2D eigenvalue weighted by atomic mass is 32.2. The maximum absolute atomic E-state index is 14.0. The number of aromatic hydroxyl groups is 1. The molecular weight excluding hydrogens is 515 g/mol. The maximum Gasteiger partial charge on any atom is 0.274 e. The fourth-order valence-electron chi connectivity index (χ4n) is 5.12. The van der Waals surface area contributed by atoms with Crippen LogP contribution in [0.3, 0.4) is 0 Å². The van der Waals surface area contributed by atoms with Gasteiger partial charge in [-0.25, -0.2) is 13.2 Å². The van der Waals surface area contributed by atoms with E-state index in [0.717, 1.165) is 0 Å². The molecule has 13 heteroatoms. The second-order valence-corrected chi connectivity index (χ2v) is 10.6. The Morgan fingerprint density at radius 2 is 2.00 bits per heavy atom. The number of halogens is 3. The minimum Gasteiger partial charge on any atom is -0.503 e. The third-order valence-corrected chi connectivity index (χ3v) is 8.66. The molecule has 37 heavy (non-hydrogen) atoms. The Hall–Kier alpha value is -3.03. The van der Waals surface area contributed by atoms with Crippen LogP contribution in [0.15, 0.2) is 23.1 Å². The highest BCUT2D eigenvalue weighted by Crippen LogP contribution is 2.52. The monoisotopic (exact) mass is 539 g/mol. The predicted molar refractivity (Wildman–Crippen MR) is 126 cm³/mol. The van der Waals surface area contributed by atoms with Crippen LogP contribution in [-0.4, -0.2) is 63.1 Å². The second-order valence-electron chi connectivity index (χ2n) is 9.27. The minimum atomic E-state index is -1.20. The molecule has 2 bridgehead atoms. The number of hydrogen-bond donors (Lipinski definition) is 2. The van der Waals surface area contributed by atoms with Crippen LogP contribution in [0, 0.1) is 17.5 Å². The van der Waals surface area contributed by atoms with Crippen molar-refractivity contribution in [2.45, 2.75) is 49.6 Å². The summed E-state index contributed by atoms with van der Waals surface area (Å²) < 4.78 is 54.3. The molecule has 1 spiro atoms. The van der Waals surface area contributed by atoms with Gasteiger partial charge in [-0.2, -0.15) is 0 Å². The molecule has 2 N–H and O–H groups in total. The number of methoxy groups -OCH3 is 1. The van der Waals surface area contributed by atoms with Gasteiger partial charge in [-0.05, 0) is 19.8 Å². The normalized spacial score (nSPS) is 26.8. The summed E-state index contributed by atoms with van der Waals surface area (Å²) in [6, 6.07) is 0.188. The molecule has 0 unspecified atom stereocenters. The molecule has 4 heterocycles. The van der Waals surface area contributed by atoms with Crippen molar-refractivity contribution in [2.24, 2.45) is 0 Å². The van der Waals surface area contributed by atoms with Crippen molar-refractivity contribution in [2.75, 3.05) is 19.4 Å². The average molecular weight is 540 g/mol. The average Bonchev–Trinajstić information content (AvgIpc) is 3.23. The second kappa shape index (κ2) is 9.37. The quantitative estimate of drug-likeness (QED) is 0.615. The molecule has 9 nitrogen and oxygen atoms in total. The number of carbonyl (C=O) groups is 2. The molecule has 198 valence electrons. The zero-order chi connectivity index (χ0) is 26.6. The van der Waals surface area contributed by atoms with Crippen molar-refractivity contribution in [3.05, 3.63) is 62.8 Å². The van der Waals surface area contributed by atoms with Gasteiger partial charge in [-0.1, -0.05) is 0 Å². The molecule has 5 rings (SSSR count). The number of fused-ring (bicyclic) bond motifs is 5. The van der Waals surface area contributed by atoms with E-state index in [1.807, 2.05) is 6.92 Å². The summed E-state index contributed by atoms with van der Waals surface area (Å²) in [4.78, 5) is 39.9. The molecule has 1 aromatic heterocycles. The molecule has 3 aliphatic rings. The zero-order valence-corrected chi connectivity index (χ0v) is 20.7. The fraction of sp³-hybridized carbons (Fsp3) is 0.458. The summed E-state index contributed by atoms with van der Waals surface area (Å²) in [7, 11) is 1.52. The van der Waals surface area contributed by atoms with Gasteiger partial charge in [-0.3, -0.25) is 14.4 Å². The summed E-state index contributed by atoms with van der Waals surface area (Å²) >= 11 is 1.50. The molecule has 0 aliphatic carbocycles. The molecule has 3 aliphatic heterocycles. The lowest BCUT2D eigenvalue weighted by atomic mass is 10.0. The van der Waals surface area contributed by atoms with E-state index in [9.17, 15) is 32.7 Å². The van der Waals surface area contributed by atoms with Crippen molar-refractivity contribution >= 4 is 23.6 Å². The number of nitrogens with zero attached hydrogens (tertiary/aromatic N) is 2. The third kappa shape index (κ3) is 4.18. The van der Waals surface area contributed by atoms with Gasteiger partial charge in [0.25, 0.3) is 11.8 Å². The van der Waals surface area contributed by atoms with Crippen LogP contribution >= 0.6 is 11.8 Å². The lowest BCUT2D eigenvalue weighted by molar-refractivity contribution is -0.155. The molecule has 2 fully saturated rings. The number of thioether (sulfide) groups is 1. The summed E-state index contributed by atoms with van der Waals surface area (Å²) in [5.74, 6) is -5.47. The molecule has 2 amide bonds. The van der Waals surface area contributed by atoms with Gasteiger partial charge < -0.3 is 29.4 Å². The minimum absolute atomic E-state index is 0.188. The van der Waals surface area contributed by atoms with Crippen molar-refractivity contribution < 1.29 is 37.3 Å². The van der Waals surface area contributed by atoms with Crippen LogP contribution < -0.4 is 10.7 Å². The number of carbonyl (C=O) groups excluding carboxylic acids is 2. The van der Waals surface area contributed by atoms with E-state index in [0.29, 0.717) is 30.7 Å². The summed E-state index contributed by atoms with van der Waals surface area (Å²) in [5, 5.41) is 13.1. The van der Waals surface area contributed by atoms with E-state index < -0.39 is 75.4 Å². The summed E-state index contributed by atoms with van der Waals surface area (Å²) in [5.41, 5.74) is -2.48. The van der Waals surface area contributed by atoms with Crippen LogP contribution in [0.25, 0.3) is 0 Å². The Labute approximate surface area is 213 Å². The standard InChI is InChI=1S/C24H24F3N3O6S/c1-11-3-4-24(36-18(35-2)10-37-24)17-9-29(11)23(34)19-21(32)20(31)14(8-30(17)19)22(33)28-7-13-15(26)5-12(25)6-16(13)27/h5-6,8,11,17-18,32H,3-4,7,9-10H2,1-2H3,(H,28,33)/t11-,17+,18+,24-/m0/s1. The van der Waals surface area contributed by atoms with Gasteiger partial charge in [-0.15, -0.1) is 11.8 Å². The van der Waals surface area contributed by atoms with Gasteiger partial charge >= 0.3 is 0 Å². The zero-order valence-electron chi connectivity index (χ0n) is 19.9. The van der Waals surface area contributed by atoms with E-state index in [1.54, 1.807) is 4.90 Å². The van der Waals surface area contributed by atoms with Gasteiger partial charge in [0.05, 0.1) is 6.04 Å². The van der Waals surface area contributed by atoms with E-state index in [4.69, 9.17) is 9.47 Å². The van der Waals surface area contributed by atoms with Crippen LogP contribution in [-0.2, 0) is 16.0 Å². The first kappa shape index (κ1) is 25.6. The number of nitrogens with one attached hydrogen (secondary N) is 1. The van der Waals surface area contributed by atoms with Crippen LogP contribution in [0.2, 0.25) is 0 Å². The summed E-state index contributed by atoms with van der Waals surface area (Å²) in [6.45, 7) is 1.42. The first-order valence-electron chi connectivity index (χ1n) is 11.6. The molecule has 0 radical (unpaired) electrons. The van der Waals surface area contributed by atoms with Crippen molar-refractivity contribution in [3.63, 3.8) is 0 Å². The van der Waals surface area contributed by atoms with Crippen LogP contribution in [0.5, 0.6) is 5.75 Å². The largest absolute Gasteiger partial charge is 0.503 e. The highest BCUT2D eigenvalue weighted by molar-refractivity contribution is 8.00. The number of aromatic nitrogens is 1. The third-order valence-electron chi connectivity index (χ3n) is 7.16. The van der Waals surface area contributed by atoms with Crippen molar-refractivity contribution in [1.29, 1.82) is 0 Å². The van der Waals surface area contributed by atoms with Gasteiger partial charge in [0, 0.05) is 55.9 Å². The number of pyridine rings is 1. The number of amides is 2. The Kier molecular flexibility index (Phi) is 6.49. The molecule has 2 saturated heterocycles. The number of hydrogen-bond acceptors (Lipinski definition) is 7. The topological polar surface area (TPSA) is 110 Å². The molecule has 4 atom stereocenters. The van der Waals surface area contributed by atoms with Crippen molar-refractivity contribution in [1.82, 2.24) is 14.8 Å². The lowest BCUT2D eigenvalue weighted by Crippen LogP contribution is -2.51. The van der Waals surface area contributed by atoms with E-state index in [2.05, 4.69) is 5.32 Å². The predicted octanol–water partition coefficient (Wildman–Crippen LogP) is 2.51. The Morgan fingerprint density at radius 3 is 2.65 bits per heavy atom. The van der Waals surface area contributed by atoms with Gasteiger partial charge in [0.15, 0.2) is 17.7 Å². The van der Waals surface area contributed by atoms with E-state index in [1.165, 1.54) is 29.6 Å². The van der Waals surface area contributed by atoms with Crippen molar-refractivity contribution in [3.8, 4) is 5.75 Å². The Morgan fingerprint density at radius 1 is 1.30 bits per heavy atom. The Bertz CT molecular complexity index is 1330. The van der Waals surface area contributed by atoms with E-state index in [-0.39, 0.29) is 18.3 Å². The smallest absolute Gasteiger partial charge is 0.274 e. The number of rotatable bonds is 4. The van der Waals surface area contributed by atoms with Gasteiger partial charge in [0.2, 0.25) is 5.43 Å². The van der Waals surface area contributed by atoms with Crippen LogP contribution in [0.1, 0.15) is 52.2 Å². The lowest BCUT2D eigenvalue weighted by Gasteiger charge is -2.42. The first-order valence-corrected chi connectivity index (χ1v) is 12.6. The Balaban J connectivity index is 1.55. The fourth-order valence-corrected chi connectivity index (χ4v) is 6.56. The summed E-state index contributed by atoms with van der Waals surface area (Å²) in [6.07, 6.45) is 1.83. The number of ether oxygens (including phenoxy) is 2. The first-order chi connectivity index (χ1) is 17.6. The van der Waals surface area contributed by atoms with E-state index >= 15 is 0 Å². The molecule has 0 saturated carbocycles. The SMILES string of the molecule is CO[C@H]1CS[C@]2(CC[C@H](C)N3C[C@H]2n2cc(C(=O)NCc4c(F)cc(F)cc4F)c(=O)c(O)c2C3=O)O1. The number of benzene rings is 1.